The highest BCUT2D eigenvalue weighted by molar-refractivity contribution is 6.01. The van der Waals surface area contributed by atoms with E-state index in [-0.39, 0.29) is 29.6 Å². The van der Waals surface area contributed by atoms with E-state index in [2.05, 4.69) is 41.5 Å². The molecule has 15 heteroatoms. The molecule has 7 rings (SSSR count). The Morgan fingerprint density at radius 1 is 0.873 bits per heavy atom. The van der Waals surface area contributed by atoms with Crippen molar-refractivity contribution in [1.29, 1.82) is 5.41 Å². The van der Waals surface area contributed by atoms with Crippen molar-refractivity contribution in [2.45, 2.75) is 64.7 Å². The Bertz CT molecular complexity index is 1900. The Morgan fingerprint density at radius 2 is 1.56 bits per heavy atom. The number of nitrogens with one attached hydrogen (secondary N) is 6. The zero-order valence-electron chi connectivity index (χ0n) is 31.3. The third-order valence-electron chi connectivity index (χ3n) is 10.6. The van der Waals surface area contributed by atoms with E-state index in [0.29, 0.717) is 43.2 Å². The first-order valence-corrected chi connectivity index (χ1v) is 19.3. The van der Waals surface area contributed by atoms with Gasteiger partial charge in [0, 0.05) is 67.2 Å². The molecule has 1 aromatic carbocycles. The molecule has 0 radical (unpaired) electrons. The van der Waals surface area contributed by atoms with E-state index in [9.17, 15) is 9.59 Å². The molecule has 3 aliphatic rings. The zero-order chi connectivity index (χ0) is 38.4. The minimum absolute atomic E-state index is 0.00476. The number of carbonyl (C=O) groups excluding carboxylic acids is 2. The largest absolute Gasteiger partial charge is 0.384 e. The summed E-state index contributed by atoms with van der Waals surface area (Å²) in [4.78, 5) is 38.0. The summed E-state index contributed by atoms with van der Waals surface area (Å²) in [6, 6.07) is 17.4. The van der Waals surface area contributed by atoms with Crippen molar-refractivity contribution in [1.82, 2.24) is 30.5 Å². The van der Waals surface area contributed by atoms with Gasteiger partial charge in [-0.25, -0.2) is 9.97 Å². The third-order valence-corrected chi connectivity index (χ3v) is 10.6. The fraction of sp³-hybridized carbons (Fsp3) is 0.450. The smallest absolute Gasteiger partial charge is 0.227 e. The van der Waals surface area contributed by atoms with Gasteiger partial charge in [-0.1, -0.05) is 30.3 Å². The van der Waals surface area contributed by atoms with Crippen LogP contribution in [0.5, 0.6) is 0 Å². The van der Waals surface area contributed by atoms with Crippen molar-refractivity contribution in [2.75, 3.05) is 42.5 Å². The van der Waals surface area contributed by atoms with Crippen LogP contribution in [-0.4, -0.2) is 64.4 Å². The van der Waals surface area contributed by atoms with Gasteiger partial charge in [-0.3, -0.25) is 20.0 Å². The molecule has 0 bridgehead atoms. The van der Waals surface area contributed by atoms with E-state index in [1.54, 1.807) is 24.5 Å². The fourth-order valence-electron chi connectivity index (χ4n) is 7.41. The maximum Gasteiger partial charge on any atom is 0.227 e. The number of amides is 2. The molecule has 0 spiro atoms. The quantitative estimate of drug-likeness (QED) is 0.0753. The van der Waals surface area contributed by atoms with Crippen molar-refractivity contribution in [3.05, 3.63) is 78.8 Å². The van der Waals surface area contributed by atoms with Crippen molar-refractivity contribution >= 4 is 52.0 Å². The average Bonchev–Trinajstić information content (AvgIpc) is 3.88. The fourth-order valence-corrected chi connectivity index (χ4v) is 7.41. The van der Waals surface area contributed by atoms with Crippen molar-refractivity contribution in [3.8, 4) is 0 Å². The van der Waals surface area contributed by atoms with Crippen LogP contribution in [0.3, 0.4) is 0 Å². The predicted molar refractivity (Wildman–Crippen MR) is 216 cm³/mol. The molecule has 4 aromatic rings. The van der Waals surface area contributed by atoms with Gasteiger partial charge in [0.1, 0.15) is 18.2 Å². The minimum atomic E-state index is 0.00476. The lowest BCUT2D eigenvalue weighted by molar-refractivity contribution is -0.121. The van der Waals surface area contributed by atoms with E-state index in [4.69, 9.17) is 21.6 Å². The highest BCUT2D eigenvalue weighted by Crippen LogP contribution is 2.31. The van der Waals surface area contributed by atoms with E-state index in [1.807, 2.05) is 53.2 Å². The Hall–Kier alpha value is -5.70. The van der Waals surface area contributed by atoms with Crippen LogP contribution >= 0.6 is 0 Å². The Balaban J connectivity index is 0.000000211. The molecule has 2 amide bonds. The molecule has 0 saturated heterocycles. The molecular weight excluding hydrogens is 697 g/mol. The van der Waals surface area contributed by atoms with Crippen LogP contribution in [-0.2, 0) is 27.7 Å². The summed E-state index contributed by atoms with van der Waals surface area (Å²) in [6.45, 7) is 4.35. The summed E-state index contributed by atoms with van der Waals surface area (Å²) in [5.41, 5.74) is 14.3. The summed E-state index contributed by atoms with van der Waals surface area (Å²) >= 11 is 0. The van der Waals surface area contributed by atoms with Gasteiger partial charge in [-0.05, 0) is 87.0 Å². The molecule has 292 valence electrons. The Labute approximate surface area is 322 Å². The zero-order valence-corrected chi connectivity index (χ0v) is 31.3. The number of ether oxygens (including phenoxy) is 1. The van der Waals surface area contributed by atoms with Gasteiger partial charge in [0.05, 0.1) is 18.8 Å². The first kappa shape index (κ1) is 39.0. The van der Waals surface area contributed by atoms with Gasteiger partial charge in [0.25, 0.3) is 0 Å². The van der Waals surface area contributed by atoms with Crippen LogP contribution in [0.4, 0.5) is 17.2 Å². The van der Waals surface area contributed by atoms with E-state index >= 15 is 0 Å². The van der Waals surface area contributed by atoms with Crippen LogP contribution in [0.1, 0.15) is 56.9 Å². The molecule has 2 saturated carbocycles. The summed E-state index contributed by atoms with van der Waals surface area (Å²) in [5.74, 6) is 2.62. The molecule has 55 heavy (non-hydrogen) atoms. The normalized spacial score (nSPS) is 20.6. The monoisotopic (exact) mass is 750 g/mol. The molecule has 15 nitrogen and oxygen atoms in total. The number of fused-ring (bicyclic) bond motifs is 1. The number of benzene rings is 1. The van der Waals surface area contributed by atoms with Crippen LogP contribution in [0.15, 0.2) is 78.2 Å². The number of aliphatic imine (C=N–C) groups is 1. The van der Waals surface area contributed by atoms with Gasteiger partial charge in [0.2, 0.25) is 11.8 Å². The molecule has 1 aliphatic heterocycles. The number of hydrogen-bond acceptors (Lipinski definition) is 10. The highest BCUT2D eigenvalue weighted by atomic mass is 16.5. The molecule has 0 atom stereocenters. The van der Waals surface area contributed by atoms with Crippen molar-refractivity contribution in [3.63, 3.8) is 0 Å². The maximum atomic E-state index is 13.0. The van der Waals surface area contributed by atoms with Crippen molar-refractivity contribution < 1.29 is 14.3 Å². The molecule has 3 aromatic heterocycles. The van der Waals surface area contributed by atoms with E-state index in [1.165, 1.54) is 0 Å². The van der Waals surface area contributed by atoms with Crippen LogP contribution in [0.2, 0.25) is 0 Å². The van der Waals surface area contributed by atoms with Crippen LogP contribution < -0.4 is 38.1 Å². The molecule has 10 N–H and O–H groups in total. The lowest BCUT2D eigenvalue weighted by atomic mass is 9.81. The van der Waals surface area contributed by atoms with E-state index in [0.717, 1.165) is 99.2 Å². The van der Waals surface area contributed by atoms with Crippen LogP contribution in [0, 0.1) is 29.1 Å². The number of hydrogen-bond donors (Lipinski definition) is 8. The number of nitrogens with two attached hydrogens (primary N) is 2. The standard InChI is InChI=1S/C26H32N6O2.C14H22N6O/c33-25(21-8-6-19(7-9-21)16-30-26-28-13-14-29-26)31-23-10-12-27-24-22(23)11-15-32(24)18-34-17-20-4-2-1-3-5-20;15-12-7-11(5-6-18-12)20-13(21)10-3-1-9(2-4-10)8-19-14(16)17/h1-5,10-12,15,19,21H,6-9,13-14,16-18H2,(H,27,31,33)(H2,28,29,30);5-7,9-10H,1-4,8H2,(H4,16,17,19)(H3,15,18,20,21)/t19-,21-;9-,10-. The second-order valence-corrected chi connectivity index (χ2v) is 14.6. The number of carbonyl (C=O) groups is 2. The van der Waals surface area contributed by atoms with Gasteiger partial charge in [-0.15, -0.1) is 0 Å². The average molecular weight is 751 g/mol. The second kappa shape index (κ2) is 19.6. The topological polar surface area (TPSA) is 222 Å². The molecule has 2 fully saturated rings. The molecule has 0 unspecified atom stereocenters. The molecular formula is C40H54N12O3. The molecule has 4 heterocycles. The number of nitrogens with zero attached hydrogens (tertiary/aromatic N) is 4. The summed E-state index contributed by atoms with van der Waals surface area (Å²) < 4.78 is 7.84. The first-order chi connectivity index (χ1) is 26.8. The molecule has 2 aliphatic carbocycles. The van der Waals surface area contributed by atoms with Gasteiger partial charge < -0.3 is 47.4 Å². The Kier molecular flexibility index (Phi) is 13.9. The second-order valence-electron chi connectivity index (χ2n) is 14.6. The lowest BCUT2D eigenvalue weighted by Crippen LogP contribution is -2.38. The predicted octanol–water partition coefficient (Wildman–Crippen LogP) is 4.40. The van der Waals surface area contributed by atoms with Crippen LogP contribution in [0.25, 0.3) is 11.0 Å². The number of rotatable bonds is 12. The number of aromatic nitrogens is 3. The summed E-state index contributed by atoms with van der Waals surface area (Å²) in [6.07, 6.45) is 12.9. The third kappa shape index (κ3) is 11.6. The minimum Gasteiger partial charge on any atom is -0.384 e. The van der Waals surface area contributed by atoms with Gasteiger partial charge >= 0.3 is 0 Å². The number of guanidine groups is 2. The number of pyridine rings is 2. The van der Waals surface area contributed by atoms with E-state index < -0.39 is 0 Å². The highest BCUT2D eigenvalue weighted by Gasteiger charge is 2.28. The van der Waals surface area contributed by atoms with Gasteiger partial charge in [0.15, 0.2) is 11.9 Å². The van der Waals surface area contributed by atoms with Gasteiger partial charge in [-0.2, -0.15) is 0 Å². The maximum absolute atomic E-state index is 13.0. The van der Waals surface area contributed by atoms with Crippen molar-refractivity contribution in [2.24, 2.45) is 34.4 Å². The summed E-state index contributed by atoms with van der Waals surface area (Å²) in [5, 5.41) is 23.6. The summed E-state index contributed by atoms with van der Waals surface area (Å²) in [7, 11) is 0. The lowest BCUT2D eigenvalue weighted by Gasteiger charge is -2.28. The number of nitrogen functional groups attached to an aromatic ring is 1. The first-order valence-electron chi connectivity index (χ1n) is 19.3. The number of anilines is 3. The Morgan fingerprint density at radius 3 is 2.24 bits per heavy atom. The SMILES string of the molecule is N=C(N)NC[C@H]1CC[C@H](C(=O)Nc2ccnc(N)c2)CC1.O=C(Nc1ccnc2c1ccn2COCc1ccccc1)[C@H]1CC[C@H](CNC2=NCCN2)CC1.